The van der Waals surface area contributed by atoms with Crippen molar-refractivity contribution in [3.05, 3.63) is 122 Å². The first-order valence-electron chi connectivity index (χ1n) is 25.7. The summed E-state index contributed by atoms with van der Waals surface area (Å²) in [4.78, 5) is 51.8. The van der Waals surface area contributed by atoms with E-state index in [1.807, 2.05) is 9.80 Å². The van der Waals surface area contributed by atoms with Crippen LogP contribution in [0.25, 0.3) is 0 Å². The highest BCUT2D eigenvalue weighted by Gasteiger charge is 2.41. The first-order valence-corrected chi connectivity index (χ1v) is 28.7. The Bertz CT molecular complexity index is 3660. The van der Waals surface area contributed by atoms with Gasteiger partial charge in [0.25, 0.3) is 10.2 Å². The molecule has 3 fully saturated rings. The van der Waals surface area contributed by atoms with E-state index >= 15 is 0 Å². The number of ether oxygens (including phenoxy) is 2. The highest BCUT2D eigenvalue weighted by atomic mass is 32.2. The van der Waals surface area contributed by atoms with Gasteiger partial charge in [-0.15, -0.1) is 0 Å². The zero-order valence-electron chi connectivity index (χ0n) is 45.6. The number of alkyl halides is 6. The highest BCUT2D eigenvalue weighted by molar-refractivity contribution is 7.90. The molecule has 0 unspecified atom stereocenters. The van der Waals surface area contributed by atoms with Crippen LogP contribution in [0.3, 0.4) is 0 Å². The van der Waals surface area contributed by atoms with Crippen molar-refractivity contribution in [2.45, 2.75) is 30.4 Å². The van der Waals surface area contributed by atoms with Crippen molar-refractivity contribution in [1.29, 1.82) is 0 Å². The summed E-state index contributed by atoms with van der Waals surface area (Å²) in [6.07, 6.45) is -4.65. The molecule has 1 aliphatic carbocycles. The van der Waals surface area contributed by atoms with Gasteiger partial charge < -0.3 is 51.2 Å². The second kappa shape index (κ2) is 26.3. The monoisotopic (exact) mass is 1230 g/mol. The Morgan fingerprint density at radius 3 is 1.34 bits per heavy atom. The lowest BCUT2D eigenvalue weighted by atomic mass is 10.2. The second-order valence-corrected chi connectivity index (χ2v) is 22.7. The van der Waals surface area contributed by atoms with Gasteiger partial charge in [-0.05, 0) is 85.7 Å². The normalized spacial score (nSPS) is 15.1. The number of methoxy groups -OCH3 is 2. The third-order valence-electron chi connectivity index (χ3n) is 12.9. The number of halogens is 6. The second-order valence-electron chi connectivity index (χ2n) is 18.6. The molecule has 2 saturated heterocycles. The SMILES string of the molecule is C=CC(=O)Nc1cccc(Nc2nc(Nc3ccc(N4CCN(S(=O)(=O)C5CC5)CC4)nc3OC)ncc2C(F)(F)F)c1.C=CC(=O)Nc1cccc(Nc2nc(Nc3ccc(N4CCN(S(=O)(=O)NC)CC4)nc3OC)ncc2C(F)(F)F)c1. The van der Waals surface area contributed by atoms with E-state index in [4.69, 9.17) is 9.47 Å². The maximum absolute atomic E-state index is 13.8. The van der Waals surface area contributed by atoms with Crippen LogP contribution >= 0.6 is 0 Å². The molecular formula is C52H57F6N17O8S2. The quantitative estimate of drug-likeness (QED) is 0.0293. The molecule has 85 heavy (non-hydrogen) atoms. The van der Waals surface area contributed by atoms with Crippen molar-refractivity contribution < 1.29 is 62.2 Å². The lowest BCUT2D eigenvalue weighted by Gasteiger charge is -2.34. The van der Waals surface area contributed by atoms with E-state index in [9.17, 15) is 52.8 Å². The van der Waals surface area contributed by atoms with Crippen molar-refractivity contribution in [2.75, 3.05) is 115 Å². The van der Waals surface area contributed by atoms with Crippen molar-refractivity contribution in [2.24, 2.45) is 0 Å². The number of carbonyl (C=O) groups excluding carboxylic acids is 2. The molecule has 4 aromatic heterocycles. The first-order chi connectivity index (χ1) is 40.4. The van der Waals surface area contributed by atoms with Gasteiger partial charge in [-0.25, -0.2) is 23.1 Å². The summed E-state index contributed by atoms with van der Waals surface area (Å²) in [6.45, 7) is 9.63. The molecule has 0 radical (unpaired) electrons. The third kappa shape index (κ3) is 15.8. The Morgan fingerprint density at radius 1 is 0.576 bits per heavy atom. The first kappa shape index (κ1) is 62.1. The molecule has 1 saturated carbocycles. The van der Waals surface area contributed by atoms with Crippen LogP contribution in [0, 0.1) is 0 Å². The van der Waals surface area contributed by atoms with Crippen LogP contribution in [0.1, 0.15) is 24.0 Å². The van der Waals surface area contributed by atoms with Crippen molar-refractivity contribution >= 4 is 101 Å². The molecule has 6 heterocycles. The molecular weight excluding hydrogens is 1170 g/mol. The maximum atomic E-state index is 13.8. The van der Waals surface area contributed by atoms with E-state index in [1.54, 1.807) is 48.5 Å². The minimum atomic E-state index is -4.76. The molecule has 7 N–H and O–H groups in total. The molecule has 452 valence electrons. The molecule has 33 heteroatoms. The Labute approximate surface area is 484 Å². The minimum Gasteiger partial charge on any atom is -0.479 e. The molecule has 2 aromatic carbocycles. The smallest absolute Gasteiger partial charge is 0.421 e. The van der Waals surface area contributed by atoms with E-state index in [1.165, 1.54) is 54.1 Å². The number of carbonyl (C=O) groups is 2. The molecule has 3 aliphatic rings. The summed E-state index contributed by atoms with van der Waals surface area (Å²) in [7, 11) is -2.65. The Kier molecular flexibility index (Phi) is 19.3. The van der Waals surface area contributed by atoms with Gasteiger partial charge in [-0.2, -0.15) is 63.3 Å². The van der Waals surface area contributed by atoms with Crippen molar-refractivity contribution in [1.82, 2.24) is 43.2 Å². The van der Waals surface area contributed by atoms with Crippen molar-refractivity contribution in [3.63, 3.8) is 0 Å². The lowest BCUT2D eigenvalue weighted by Crippen LogP contribution is -2.51. The van der Waals surface area contributed by atoms with Crippen LogP contribution in [-0.2, 0) is 42.2 Å². The van der Waals surface area contributed by atoms with E-state index < -0.39 is 67.2 Å². The fraction of sp³-hybridized carbons (Fsp3) is 0.308. The molecule has 0 atom stereocenters. The zero-order valence-corrected chi connectivity index (χ0v) is 47.3. The van der Waals surface area contributed by atoms with Gasteiger partial charge in [0, 0.05) is 94.5 Å². The van der Waals surface area contributed by atoms with Gasteiger partial charge in [-0.3, -0.25) is 9.59 Å². The predicted octanol–water partition coefficient (Wildman–Crippen LogP) is 7.22. The van der Waals surface area contributed by atoms with Crippen LogP contribution in [0.4, 0.5) is 95.6 Å². The number of amides is 2. The van der Waals surface area contributed by atoms with Crippen LogP contribution in [0.15, 0.2) is 111 Å². The van der Waals surface area contributed by atoms with E-state index in [-0.39, 0.29) is 59.1 Å². The van der Waals surface area contributed by atoms with E-state index in [0.717, 1.165) is 12.2 Å². The van der Waals surface area contributed by atoms with Gasteiger partial charge >= 0.3 is 12.4 Å². The predicted molar refractivity (Wildman–Crippen MR) is 307 cm³/mol. The molecule has 25 nitrogen and oxygen atoms in total. The number of sulfonamides is 1. The lowest BCUT2D eigenvalue weighted by molar-refractivity contribution is -0.138. The summed E-state index contributed by atoms with van der Waals surface area (Å²) < 4.78 is 148. The largest absolute Gasteiger partial charge is 0.479 e. The molecule has 9 rings (SSSR count). The van der Waals surface area contributed by atoms with Gasteiger partial charge in [-0.1, -0.05) is 25.3 Å². The maximum Gasteiger partial charge on any atom is 0.421 e. The van der Waals surface area contributed by atoms with Gasteiger partial charge in [0.15, 0.2) is 0 Å². The number of rotatable bonds is 20. The summed E-state index contributed by atoms with van der Waals surface area (Å²) in [5.74, 6) is -0.949. The highest BCUT2D eigenvalue weighted by Crippen LogP contribution is 2.39. The molecule has 2 amide bonds. The number of hydrogen-bond acceptors (Lipinski definition) is 20. The van der Waals surface area contributed by atoms with Crippen LogP contribution < -0.4 is 55.9 Å². The fourth-order valence-corrected chi connectivity index (χ4v) is 11.2. The molecule has 2 aliphatic heterocycles. The fourth-order valence-electron chi connectivity index (χ4n) is 8.49. The average Bonchev–Trinajstić information content (AvgIpc) is 2.79. The number of nitrogens with zero attached hydrogens (tertiary/aromatic N) is 10. The number of benzene rings is 2. The Balaban J connectivity index is 0.000000221. The summed E-state index contributed by atoms with van der Waals surface area (Å²) >= 11 is 0. The zero-order chi connectivity index (χ0) is 61.3. The average molecular weight is 1230 g/mol. The number of aromatic nitrogens is 6. The summed E-state index contributed by atoms with van der Waals surface area (Å²) in [6, 6.07) is 18.8. The molecule has 0 spiro atoms. The van der Waals surface area contributed by atoms with Crippen LogP contribution in [0.5, 0.6) is 11.8 Å². The molecule has 6 aromatic rings. The van der Waals surface area contributed by atoms with Crippen molar-refractivity contribution in [3.8, 4) is 11.8 Å². The summed E-state index contributed by atoms with van der Waals surface area (Å²) in [5, 5.41) is 15.8. The number of piperazine rings is 2. The minimum absolute atomic E-state index is 0.126. The van der Waals surface area contributed by atoms with Gasteiger partial charge in [0.2, 0.25) is 45.5 Å². The number of pyridine rings is 2. The van der Waals surface area contributed by atoms with Gasteiger partial charge in [0.1, 0.15) is 45.8 Å². The Hall–Kier alpha value is -8.92. The number of hydrogen-bond donors (Lipinski definition) is 7. The topological polar surface area (TPSA) is 295 Å². The van der Waals surface area contributed by atoms with Crippen LogP contribution in [0.2, 0.25) is 0 Å². The van der Waals surface area contributed by atoms with E-state index in [0.29, 0.717) is 93.2 Å². The summed E-state index contributed by atoms with van der Waals surface area (Å²) in [5.41, 5.74) is -0.442. The number of nitrogens with one attached hydrogen (secondary N) is 7. The third-order valence-corrected chi connectivity index (χ3v) is 16.9. The van der Waals surface area contributed by atoms with E-state index in [2.05, 4.69) is 79.7 Å². The van der Waals surface area contributed by atoms with Crippen LogP contribution in [-0.4, -0.2) is 146 Å². The Morgan fingerprint density at radius 2 is 0.976 bits per heavy atom. The number of anilines is 12. The van der Waals surface area contributed by atoms with Gasteiger partial charge in [0.05, 0.1) is 19.5 Å². The molecule has 0 bridgehead atoms. The standard InChI is InChI=1S/C27H29F3N8O4S.C25H28F3N9O4S/c1-3-23(39)32-17-5-4-6-18(15-17)33-24-20(27(28,29)30)16-31-26(36-24)34-21-9-10-22(35-25(21)42-2)37-11-13-38(14-12-37)43(40,41)19-7-8-19;1-4-21(38)31-16-6-5-7-17(14-16)32-22-18(25(26,27)28)15-30-24(35-22)33-19-8-9-20(34-23(19)41-3)36-10-12-37(13-11-36)42(39,40)29-2/h3-6,9-10,15-16,19H,1,7-8,11-14H2,2H3,(H,32,39)(H2,31,33,34,36);4-9,14-15,29H,1,10-13H2,2-3H3,(H,31,38)(H2,30,32,33,35).